The van der Waals surface area contributed by atoms with Gasteiger partial charge in [0, 0.05) is 5.25 Å². The maximum atomic E-state index is 12.4. The number of halogens is 3. The van der Waals surface area contributed by atoms with Crippen LogP contribution in [0, 0.1) is 0 Å². The smallest absolute Gasteiger partial charge is 0.387 e. The van der Waals surface area contributed by atoms with Crippen LogP contribution < -0.4 is 0 Å². The van der Waals surface area contributed by atoms with Crippen LogP contribution in [0.1, 0.15) is 36.5 Å². The normalized spacial score (nSPS) is 22.8. The van der Waals surface area contributed by atoms with E-state index in [9.17, 15) is 18.3 Å². The van der Waals surface area contributed by atoms with Gasteiger partial charge in [0.2, 0.25) is 0 Å². The van der Waals surface area contributed by atoms with Gasteiger partial charge in [-0.1, -0.05) is 18.6 Å². The van der Waals surface area contributed by atoms with E-state index in [0.29, 0.717) is 5.56 Å². The molecule has 1 aliphatic heterocycles. The summed E-state index contributed by atoms with van der Waals surface area (Å²) in [5.41, 5.74) is -0.0999. The first-order valence-corrected chi connectivity index (χ1v) is 7.00. The fourth-order valence-corrected chi connectivity index (χ4v) is 3.44. The van der Waals surface area contributed by atoms with Crippen molar-refractivity contribution < 1.29 is 18.3 Å². The Labute approximate surface area is 108 Å². The molecule has 0 bridgehead atoms. The number of aliphatic hydroxyl groups is 1. The predicted molar refractivity (Wildman–Crippen MR) is 66.5 cm³/mol. The minimum atomic E-state index is -4.32. The maximum Gasteiger partial charge on any atom is 0.416 e. The molecule has 1 fully saturated rings. The van der Waals surface area contributed by atoms with E-state index in [0.717, 1.165) is 37.1 Å². The van der Waals surface area contributed by atoms with Gasteiger partial charge in [0.15, 0.2) is 0 Å². The molecule has 0 spiro atoms. The molecule has 1 aromatic carbocycles. The molecule has 5 heteroatoms. The Kier molecular flexibility index (Phi) is 4.22. The summed E-state index contributed by atoms with van der Waals surface area (Å²) in [6, 6.07) is 4.82. The third kappa shape index (κ3) is 3.20. The topological polar surface area (TPSA) is 20.2 Å². The molecule has 0 aliphatic carbocycles. The van der Waals surface area contributed by atoms with E-state index in [1.54, 1.807) is 11.8 Å². The van der Waals surface area contributed by atoms with Crippen molar-refractivity contribution in [3.05, 3.63) is 35.4 Å². The van der Waals surface area contributed by atoms with E-state index in [4.69, 9.17) is 0 Å². The first-order valence-electron chi connectivity index (χ1n) is 5.95. The van der Waals surface area contributed by atoms with Crippen molar-refractivity contribution in [3.8, 4) is 0 Å². The SMILES string of the molecule is OC(c1ccc(C(F)(F)F)cc1)C1CCCCS1. The molecular weight excluding hydrogens is 261 g/mol. The van der Waals surface area contributed by atoms with Gasteiger partial charge < -0.3 is 5.11 Å². The van der Waals surface area contributed by atoms with Crippen LogP contribution in [0.15, 0.2) is 24.3 Å². The molecule has 2 rings (SSSR count). The van der Waals surface area contributed by atoms with Crippen molar-refractivity contribution in [2.24, 2.45) is 0 Å². The van der Waals surface area contributed by atoms with Crippen molar-refractivity contribution in [2.45, 2.75) is 36.8 Å². The Morgan fingerprint density at radius 2 is 1.83 bits per heavy atom. The van der Waals surface area contributed by atoms with Gasteiger partial charge in [-0.2, -0.15) is 24.9 Å². The Morgan fingerprint density at radius 1 is 1.17 bits per heavy atom. The molecule has 18 heavy (non-hydrogen) atoms. The lowest BCUT2D eigenvalue weighted by atomic mass is 10.0. The third-order valence-electron chi connectivity index (χ3n) is 3.15. The first-order chi connectivity index (χ1) is 8.48. The molecular formula is C13H15F3OS. The molecule has 2 atom stereocenters. The molecule has 1 aliphatic rings. The molecule has 0 saturated carbocycles. The monoisotopic (exact) mass is 276 g/mol. The van der Waals surface area contributed by atoms with Crippen molar-refractivity contribution in [3.63, 3.8) is 0 Å². The summed E-state index contributed by atoms with van der Waals surface area (Å²) in [7, 11) is 0. The zero-order valence-corrected chi connectivity index (χ0v) is 10.6. The highest BCUT2D eigenvalue weighted by atomic mass is 32.2. The average molecular weight is 276 g/mol. The number of rotatable bonds is 2. The summed E-state index contributed by atoms with van der Waals surface area (Å²) in [5, 5.41) is 10.2. The predicted octanol–water partition coefficient (Wildman–Crippen LogP) is 4.02. The standard InChI is InChI=1S/C13H15F3OS/c14-13(15,16)10-6-4-9(5-7-10)12(17)11-3-1-2-8-18-11/h4-7,11-12,17H,1-3,8H2. The minimum Gasteiger partial charge on any atom is -0.387 e. The fourth-order valence-electron chi connectivity index (χ4n) is 2.10. The molecule has 1 aromatic rings. The van der Waals surface area contributed by atoms with Gasteiger partial charge in [0.25, 0.3) is 0 Å². The van der Waals surface area contributed by atoms with Crippen molar-refractivity contribution in [2.75, 3.05) is 5.75 Å². The third-order valence-corrected chi connectivity index (χ3v) is 4.59. The molecule has 1 nitrogen and oxygen atoms in total. The molecule has 0 aromatic heterocycles. The second-order valence-corrected chi connectivity index (χ2v) is 5.82. The van der Waals surface area contributed by atoms with Gasteiger partial charge >= 0.3 is 6.18 Å². The van der Waals surface area contributed by atoms with E-state index < -0.39 is 17.8 Å². The number of benzene rings is 1. The number of hydrogen-bond acceptors (Lipinski definition) is 2. The van der Waals surface area contributed by atoms with Crippen LogP contribution in [0.5, 0.6) is 0 Å². The lowest BCUT2D eigenvalue weighted by molar-refractivity contribution is -0.137. The highest BCUT2D eigenvalue weighted by molar-refractivity contribution is 7.99. The Hall–Kier alpha value is -0.680. The molecule has 2 unspecified atom stereocenters. The van der Waals surface area contributed by atoms with Gasteiger partial charge in [0.05, 0.1) is 11.7 Å². The van der Waals surface area contributed by atoms with E-state index in [1.807, 2.05) is 0 Å². The van der Waals surface area contributed by atoms with Crippen LogP contribution >= 0.6 is 11.8 Å². The van der Waals surface area contributed by atoms with E-state index >= 15 is 0 Å². The van der Waals surface area contributed by atoms with E-state index in [1.165, 1.54) is 12.1 Å². The number of thioether (sulfide) groups is 1. The zero-order chi connectivity index (χ0) is 13.2. The quantitative estimate of drug-likeness (QED) is 0.880. The first kappa shape index (κ1) is 13.7. The maximum absolute atomic E-state index is 12.4. The number of alkyl halides is 3. The molecule has 0 amide bonds. The van der Waals surface area contributed by atoms with E-state index in [2.05, 4.69) is 0 Å². The van der Waals surface area contributed by atoms with Gasteiger partial charge in [-0.15, -0.1) is 0 Å². The zero-order valence-electron chi connectivity index (χ0n) is 9.78. The summed E-state index contributed by atoms with van der Waals surface area (Å²) in [6.07, 6.45) is -1.83. The van der Waals surface area contributed by atoms with Gasteiger partial charge in [-0.05, 0) is 36.3 Å². The second-order valence-electron chi connectivity index (χ2n) is 4.47. The van der Waals surface area contributed by atoms with E-state index in [-0.39, 0.29) is 5.25 Å². The fraction of sp³-hybridized carbons (Fsp3) is 0.538. The van der Waals surface area contributed by atoms with Gasteiger partial charge in [0.1, 0.15) is 0 Å². The van der Waals surface area contributed by atoms with Crippen LogP contribution in [0.3, 0.4) is 0 Å². The number of aliphatic hydroxyl groups excluding tert-OH is 1. The Bertz CT molecular complexity index is 382. The van der Waals surface area contributed by atoms with Crippen molar-refractivity contribution in [1.82, 2.24) is 0 Å². The highest BCUT2D eigenvalue weighted by Gasteiger charge is 2.31. The van der Waals surface area contributed by atoms with Gasteiger partial charge in [-0.3, -0.25) is 0 Å². The number of hydrogen-bond donors (Lipinski definition) is 1. The summed E-state index contributed by atoms with van der Waals surface area (Å²) in [4.78, 5) is 0. The highest BCUT2D eigenvalue weighted by Crippen LogP contribution is 2.36. The minimum absolute atomic E-state index is 0.107. The molecule has 100 valence electrons. The largest absolute Gasteiger partial charge is 0.416 e. The molecule has 1 N–H and O–H groups in total. The molecule has 1 saturated heterocycles. The average Bonchev–Trinajstić information content (AvgIpc) is 2.38. The van der Waals surface area contributed by atoms with Crippen LogP contribution in [0.25, 0.3) is 0 Å². The van der Waals surface area contributed by atoms with Crippen LogP contribution in [-0.4, -0.2) is 16.1 Å². The van der Waals surface area contributed by atoms with Gasteiger partial charge in [-0.25, -0.2) is 0 Å². The van der Waals surface area contributed by atoms with Crippen molar-refractivity contribution in [1.29, 1.82) is 0 Å². The lowest BCUT2D eigenvalue weighted by Gasteiger charge is -2.26. The molecule has 1 heterocycles. The molecule has 0 radical (unpaired) electrons. The van der Waals surface area contributed by atoms with Crippen molar-refractivity contribution >= 4 is 11.8 Å². The summed E-state index contributed by atoms with van der Waals surface area (Å²) in [6.45, 7) is 0. The Morgan fingerprint density at radius 3 is 2.33 bits per heavy atom. The lowest BCUT2D eigenvalue weighted by Crippen LogP contribution is -2.19. The summed E-state index contributed by atoms with van der Waals surface area (Å²) in [5.74, 6) is 1.02. The van der Waals surface area contributed by atoms with Crippen LogP contribution in [0.4, 0.5) is 13.2 Å². The van der Waals surface area contributed by atoms with Crippen LogP contribution in [-0.2, 0) is 6.18 Å². The summed E-state index contributed by atoms with van der Waals surface area (Å²) >= 11 is 1.70. The second kappa shape index (κ2) is 5.53. The Balaban J connectivity index is 2.09. The summed E-state index contributed by atoms with van der Waals surface area (Å²) < 4.78 is 37.2. The van der Waals surface area contributed by atoms with Crippen LogP contribution in [0.2, 0.25) is 0 Å².